The highest BCUT2D eigenvalue weighted by Crippen LogP contribution is 2.15. The number of ether oxygens (including phenoxy) is 1. The van der Waals surface area contributed by atoms with Crippen LogP contribution in [0.15, 0.2) is 24.3 Å². The summed E-state index contributed by atoms with van der Waals surface area (Å²) in [6.07, 6.45) is -0.166. The second-order valence-electron chi connectivity index (χ2n) is 4.15. The van der Waals surface area contributed by atoms with Crippen molar-refractivity contribution in [3.05, 3.63) is 29.8 Å². The maximum absolute atomic E-state index is 11.8. The van der Waals surface area contributed by atoms with Gasteiger partial charge >= 0.3 is 5.97 Å². The highest BCUT2D eigenvalue weighted by molar-refractivity contribution is 7.89. The lowest BCUT2D eigenvalue weighted by atomic mass is 10.1. The molecule has 1 atom stereocenters. The maximum atomic E-state index is 11.8. The van der Waals surface area contributed by atoms with Gasteiger partial charge in [-0.2, -0.15) is 0 Å². The van der Waals surface area contributed by atoms with Crippen molar-refractivity contribution >= 4 is 21.7 Å². The van der Waals surface area contributed by atoms with E-state index in [1.807, 2.05) is 0 Å². The van der Waals surface area contributed by atoms with Gasteiger partial charge in [0.15, 0.2) is 0 Å². The van der Waals surface area contributed by atoms with Gasteiger partial charge in [0.25, 0.3) is 0 Å². The van der Waals surface area contributed by atoms with E-state index in [0.717, 1.165) is 5.56 Å². The zero-order chi connectivity index (χ0) is 14.5. The zero-order valence-corrected chi connectivity index (χ0v) is 11.7. The van der Waals surface area contributed by atoms with Gasteiger partial charge in [-0.05, 0) is 24.6 Å². The summed E-state index contributed by atoms with van der Waals surface area (Å²) in [5, 5.41) is 0. The van der Waals surface area contributed by atoms with Gasteiger partial charge in [-0.1, -0.05) is 12.1 Å². The van der Waals surface area contributed by atoms with E-state index in [1.165, 1.54) is 7.11 Å². The number of anilines is 1. The molecule has 19 heavy (non-hydrogen) atoms. The molecule has 0 fully saturated rings. The molecule has 0 bridgehead atoms. The Morgan fingerprint density at radius 2 is 1.95 bits per heavy atom. The number of sulfonamides is 1. The fraction of sp³-hybridized carbons (Fsp3) is 0.417. The number of benzene rings is 1. The Hall–Kier alpha value is -1.60. The number of rotatable bonds is 6. The van der Waals surface area contributed by atoms with Crippen molar-refractivity contribution in [3.63, 3.8) is 0 Å². The highest BCUT2D eigenvalue weighted by atomic mass is 32.2. The Morgan fingerprint density at radius 1 is 1.37 bits per heavy atom. The summed E-state index contributed by atoms with van der Waals surface area (Å²) >= 11 is 0. The molecule has 0 aliphatic rings. The Labute approximate surface area is 113 Å². The standard InChI is InChI=1S/C12H18N2O4S/c1-9(10-3-5-11(13)6-4-10)14-19(16,17)8-7-12(15)18-2/h3-6,9,14H,7-8,13H2,1-2H3. The molecule has 6 nitrogen and oxygen atoms in total. The van der Waals surface area contributed by atoms with Gasteiger partial charge in [0.1, 0.15) is 0 Å². The smallest absolute Gasteiger partial charge is 0.306 e. The van der Waals surface area contributed by atoms with E-state index in [1.54, 1.807) is 31.2 Å². The quantitative estimate of drug-likeness (QED) is 0.595. The van der Waals surface area contributed by atoms with Crippen LogP contribution in [0, 0.1) is 0 Å². The van der Waals surface area contributed by atoms with Crippen LogP contribution < -0.4 is 10.5 Å². The SMILES string of the molecule is COC(=O)CCS(=O)(=O)NC(C)c1ccc(N)cc1. The molecule has 0 saturated carbocycles. The van der Waals surface area contributed by atoms with Crippen LogP contribution in [0.2, 0.25) is 0 Å². The molecule has 1 rings (SSSR count). The molecule has 0 aliphatic carbocycles. The van der Waals surface area contributed by atoms with Crippen LogP contribution in [-0.2, 0) is 19.6 Å². The average molecular weight is 286 g/mol. The van der Waals surface area contributed by atoms with Crippen LogP contribution in [0.1, 0.15) is 24.9 Å². The number of hydrogen-bond acceptors (Lipinski definition) is 5. The van der Waals surface area contributed by atoms with E-state index in [9.17, 15) is 13.2 Å². The van der Waals surface area contributed by atoms with Crippen molar-refractivity contribution in [2.45, 2.75) is 19.4 Å². The van der Waals surface area contributed by atoms with Gasteiger partial charge < -0.3 is 10.5 Å². The second-order valence-corrected chi connectivity index (χ2v) is 6.02. The first-order chi connectivity index (χ1) is 8.84. The maximum Gasteiger partial charge on any atom is 0.306 e. The summed E-state index contributed by atoms with van der Waals surface area (Å²) in [6.45, 7) is 1.72. The lowest BCUT2D eigenvalue weighted by molar-refractivity contribution is -0.140. The molecule has 106 valence electrons. The third kappa shape index (κ3) is 5.27. The summed E-state index contributed by atoms with van der Waals surface area (Å²) in [4.78, 5) is 10.9. The molecule has 0 saturated heterocycles. The summed E-state index contributed by atoms with van der Waals surface area (Å²) in [5.74, 6) is -0.843. The Balaban J connectivity index is 2.62. The van der Waals surface area contributed by atoms with Crippen LogP contribution >= 0.6 is 0 Å². The van der Waals surface area contributed by atoms with Crippen molar-refractivity contribution in [1.29, 1.82) is 0 Å². The largest absolute Gasteiger partial charge is 0.469 e. The third-order valence-electron chi connectivity index (χ3n) is 2.60. The lowest BCUT2D eigenvalue weighted by Crippen LogP contribution is -2.30. The highest BCUT2D eigenvalue weighted by Gasteiger charge is 2.17. The fourth-order valence-corrected chi connectivity index (χ4v) is 2.73. The van der Waals surface area contributed by atoms with Gasteiger partial charge in [-0.15, -0.1) is 0 Å². The molecule has 0 spiro atoms. The summed E-state index contributed by atoms with van der Waals surface area (Å²) in [6, 6.07) is 6.53. The van der Waals surface area contributed by atoms with Crippen molar-refractivity contribution < 1.29 is 17.9 Å². The summed E-state index contributed by atoms with van der Waals surface area (Å²) in [5.41, 5.74) is 6.98. The number of esters is 1. The molecule has 1 aromatic rings. The van der Waals surface area contributed by atoms with Gasteiger partial charge in [0.2, 0.25) is 10.0 Å². The van der Waals surface area contributed by atoms with E-state index >= 15 is 0 Å². The Bertz CT molecular complexity index is 525. The van der Waals surface area contributed by atoms with Gasteiger partial charge in [0, 0.05) is 11.7 Å². The van der Waals surface area contributed by atoms with Crippen LogP contribution in [-0.4, -0.2) is 27.2 Å². The summed E-state index contributed by atoms with van der Waals surface area (Å²) < 4.78 is 30.4. The minimum absolute atomic E-state index is 0.166. The number of nitrogens with one attached hydrogen (secondary N) is 1. The van der Waals surface area contributed by atoms with Crippen LogP contribution in [0.5, 0.6) is 0 Å². The Morgan fingerprint density at radius 3 is 2.47 bits per heavy atom. The molecule has 3 N–H and O–H groups in total. The zero-order valence-electron chi connectivity index (χ0n) is 10.9. The van der Waals surface area contributed by atoms with Gasteiger partial charge in [0.05, 0.1) is 19.3 Å². The van der Waals surface area contributed by atoms with Crippen molar-refractivity contribution in [2.75, 3.05) is 18.6 Å². The molecule has 1 aromatic carbocycles. The van der Waals surface area contributed by atoms with E-state index in [-0.39, 0.29) is 18.2 Å². The van der Waals surface area contributed by atoms with Gasteiger partial charge in [-0.25, -0.2) is 13.1 Å². The monoisotopic (exact) mass is 286 g/mol. The number of methoxy groups -OCH3 is 1. The first kappa shape index (κ1) is 15.5. The predicted octanol–water partition coefficient (Wildman–Crippen LogP) is 0.812. The molecule has 0 amide bonds. The first-order valence-corrected chi connectivity index (χ1v) is 7.41. The molecule has 0 radical (unpaired) electrons. The average Bonchev–Trinajstić information content (AvgIpc) is 2.36. The number of carbonyl (C=O) groups excluding carboxylic acids is 1. The molecule has 7 heteroatoms. The van der Waals surface area contributed by atoms with Crippen LogP contribution in [0.4, 0.5) is 5.69 Å². The predicted molar refractivity (Wildman–Crippen MR) is 72.8 cm³/mol. The van der Waals surface area contributed by atoms with E-state index in [4.69, 9.17) is 5.73 Å². The van der Waals surface area contributed by atoms with E-state index < -0.39 is 16.0 Å². The molecular formula is C12H18N2O4S. The van der Waals surface area contributed by atoms with E-state index in [2.05, 4.69) is 9.46 Å². The van der Waals surface area contributed by atoms with Crippen molar-refractivity contribution in [1.82, 2.24) is 4.72 Å². The third-order valence-corrected chi connectivity index (χ3v) is 4.05. The van der Waals surface area contributed by atoms with Crippen LogP contribution in [0.3, 0.4) is 0 Å². The second kappa shape index (κ2) is 6.53. The number of nitrogens with two attached hydrogens (primary N) is 1. The molecule has 0 heterocycles. The topological polar surface area (TPSA) is 98.5 Å². The fourth-order valence-electron chi connectivity index (χ4n) is 1.50. The van der Waals surface area contributed by atoms with Crippen LogP contribution in [0.25, 0.3) is 0 Å². The minimum Gasteiger partial charge on any atom is -0.469 e. The molecule has 0 aliphatic heterocycles. The van der Waals surface area contributed by atoms with Crippen molar-refractivity contribution in [2.24, 2.45) is 0 Å². The minimum atomic E-state index is -3.53. The van der Waals surface area contributed by atoms with Gasteiger partial charge in [-0.3, -0.25) is 4.79 Å². The lowest BCUT2D eigenvalue weighted by Gasteiger charge is -2.14. The molecule has 1 unspecified atom stereocenters. The molecular weight excluding hydrogens is 268 g/mol. The normalized spacial score (nSPS) is 12.9. The van der Waals surface area contributed by atoms with Crippen molar-refractivity contribution in [3.8, 4) is 0 Å². The van der Waals surface area contributed by atoms with E-state index in [0.29, 0.717) is 5.69 Å². The number of nitrogen functional groups attached to an aromatic ring is 1. The molecule has 0 aromatic heterocycles. The number of carbonyl (C=O) groups is 1. The number of hydrogen-bond donors (Lipinski definition) is 2. The first-order valence-electron chi connectivity index (χ1n) is 5.76. The summed E-state index contributed by atoms with van der Waals surface area (Å²) in [7, 11) is -2.30. The Kier molecular flexibility index (Phi) is 5.31.